The van der Waals surface area contributed by atoms with E-state index in [1.165, 1.54) is 0 Å². The molecule has 3 nitrogen and oxygen atoms in total. The fourth-order valence-corrected chi connectivity index (χ4v) is 2.43. The van der Waals surface area contributed by atoms with E-state index in [2.05, 4.69) is 10.3 Å². The van der Waals surface area contributed by atoms with Crippen LogP contribution in [0.15, 0.2) is 28.8 Å². The van der Waals surface area contributed by atoms with Crippen LogP contribution in [0.1, 0.15) is 43.1 Å². The number of benzene rings is 1. The summed E-state index contributed by atoms with van der Waals surface area (Å²) in [5.41, 5.74) is 0.962. The fraction of sp³-hybridized carbons (Fsp3) is 0.357. The van der Waals surface area contributed by atoms with E-state index in [-0.39, 0.29) is 12.1 Å². The maximum Gasteiger partial charge on any atom is 0.211 e. The van der Waals surface area contributed by atoms with E-state index in [1.807, 2.05) is 32.9 Å². The first-order valence-electron chi connectivity index (χ1n) is 6.11. The summed E-state index contributed by atoms with van der Waals surface area (Å²) in [7, 11) is 0. The van der Waals surface area contributed by atoms with E-state index >= 15 is 0 Å². The van der Waals surface area contributed by atoms with E-state index < -0.39 is 0 Å². The molecule has 0 fully saturated rings. The first-order valence-corrected chi connectivity index (χ1v) is 6.87. The molecule has 2 atom stereocenters. The predicted molar refractivity (Wildman–Crippen MR) is 77.7 cm³/mol. The summed E-state index contributed by atoms with van der Waals surface area (Å²) >= 11 is 12.2. The van der Waals surface area contributed by atoms with Crippen LogP contribution in [-0.2, 0) is 0 Å². The minimum absolute atomic E-state index is 0.00116. The average Bonchev–Trinajstić information content (AvgIpc) is 2.79. The second kappa shape index (κ2) is 5.95. The second-order valence-electron chi connectivity index (χ2n) is 4.56. The zero-order chi connectivity index (χ0) is 14.0. The Morgan fingerprint density at radius 3 is 2.58 bits per heavy atom. The molecule has 5 heteroatoms. The van der Waals surface area contributed by atoms with Crippen LogP contribution in [0.4, 0.5) is 0 Å². The van der Waals surface area contributed by atoms with Crippen molar-refractivity contribution in [3.63, 3.8) is 0 Å². The van der Waals surface area contributed by atoms with Gasteiger partial charge in [-0.2, -0.15) is 0 Å². The van der Waals surface area contributed by atoms with E-state index in [0.717, 1.165) is 11.3 Å². The molecule has 0 aliphatic carbocycles. The zero-order valence-electron chi connectivity index (χ0n) is 11.1. The Bertz CT molecular complexity index is 568. The Hall–Kier alpha value is -1.03. The van der Waals surface area contributed by atoms with Crippen molar-refractivity contribution in [2.24, 2.45) is 0 Å². The van der Waals surface area contributed by atoms with Gasteiger partial charge in [0.05, 0.1) is 22.3 Å². The Morgan fingerprint density at radius 2 is 1.95 bits per heavy atom. The number of aromatic nitrogens is 1. The van der Waals surface area contributed by atoms with Crippen molar-refractivity contribution in [2.75, 3.05) is 0 Å². The van der Waals surface area contributed by atoms with Gasteiger partial charge in [0.1, 0.15) is 5.76 Å². The molecular weight excluding hydrogens is 283 g/mol. The summed E-state index contributed by atoms with van der Waals surface area (Å²) in [4.78, 5) is 4.21. The van der Waals surface area contributed by atoms with Crippen LogP contribution in [0.2, 0.25) is 10.0 Å². The Balaban J connectivity index is 2.12. The van der Waals surface area contributed by atoms with E-state index in [1.54, 1.807) is 12.3 Å². The van der Waals surface area contributed by atoms with E-state index in [4.69, 9.17) is 27.6 Å². The predicted octanol–water partition coefficient (Wildman–Crippen LogP) is 4.70. The lowest BCUT2D eigenvalue weighted by Gasteiger charge is -2.19. The summed E-state index contributed by atoms with van der Waals surface area (Å²) in [6.07, 6.45) is 1.71. The molecule has 0 bridgehead atoms. The van der Waals surface area contributed by atoms with Crippen molar-refractivity contribution in [2.45, 2.75) is 32.9 Å². The third-order valence-electron chi connectivity index (χ3n) is 2.96. The summed E-state index contributed by atoms with van der Waals surface area (Å²) in [6, 6.07) is 5.68. The van der Waals surface area contributed by atoms with E-state index in [0.29, 0.717) is 15.9 Å². The third kappa shape index (κ3) is 3.30. The molecule has 0 spiro atoms. The summed E-state index contributed by atoms with van der Waals surface area (Å²) < 4.78 is 5.50. The van der Waals surface area contributed by atoms with Crippen molar-refractivity contribution >= 4 is 23.2 Å². The molecule has 1 aromatic heterocycles. The molecular formula is C14H16Cl2N2O. The van der Waals surface area contributed by atoms with Gasteiger partial charge in [-0.05, 0) is 32.4 Å². The molecule has 2 rings (SSSR count). The number of nitrogens with zero attached hydrogens (tertiary/aromatic N) is 1. The van der Waals surface area contributed by atoms with Gasteiger partial charge < -0.3 is 4.42 Å². The smallest absolute Gasteiger partial charge is 0.211 e. The van der Waals surface area contributed by atoms with Crippen LogP contribution in [-0.4, -0.2) is 4.98 Å². The quantitative estimate of drug-likeness (QED) is 0.889. The van der Waals surface area contributed by atoms with Crippen LogP contribution in [0, 0.1) is 6.92 Å². The highest BCUT2D eigenvalue weighted by molar-refractivity contribution is 6.42. The molecule has 1 heterocycles. The fourth-order valence-electron chi connectivity index (χ4n) is 1.96. The van der Waals surface area contributed by atoms with Gasteiger partial charge in [0.15, 0.2) is 0 Å². The minimum Gasteiger partial charge on any atom is -0.444 e. The molecule has 0 aliphatic rings. The highest BCUT2D eigenvalue weighted by Gasteiger charge is 2.17. The van der Waals surface area contributed by atoms with Crippen LogP contribution in [0.3, 0.4) is 0 Å². The highest BCUT2D eigenvalue weighted by atomic mass is 35.5. The number of halogens is 2. The molecule has 0 amide bonds. The second-order valence-corrected chi connectivity index (χ2v) is 5.35. The molecule has 0 saturated carbocycles. The summed E-state index contributed by atoms with van der Waals surface area (Å²) in [5, 5.41) is 4.54. The van der Waals surface area contributed by atoms with Crippen LogP contribution < -0.4 is 5.32 Å². The number of rotatable bonds is 4. The number of oxazole rings is 1. The molecule has 1 aromatic carbocycles. The monoisotopic (exact) mass is 298 g/mol. The lowest BCUT2D eigenvalue weighted by molar-refractivity contribution is 0.380. The maximum absolute atomic E-state index is 6.21. The number of hydrogen-bond acceptors (Lipinski definition) is 3. The van der Waals surface area contributed by atoms with Gasteiger partial charge in [-0.3, -0.25) is 5.32 Å². The summed E-state index contributed by atoms with van der Waals surface area (Å²) in [6.45, 7) is 5.91. The maximum atomic E-state index is 6.21. The minimum atomic E-state index is -0.00116. The standard InChI is InChI=1S/C14H16Cl2N2O/c1-8-7-17-14(19-8)10(3)18-9(2)11-5-4-6-12(15)13(11)16/h4-7,9-10,18H,1-3H3. The van der Waals surface area contributed by atoms with Crippen LogP contribution >= 0.6 is 23.2 Å². The molecule has 2 unspecified atom stereocenters. The number of aryl methyl sites for hydroxylation is 1. The molecule has 0 saturated heterocycles. The number of nitrogens with one attached hydrogen (secondary N) is 1. The van der Waals surface area contributed by atoms with Crippen molar-refractivity contribution in [3.8, 4) is 0 Å². The molecule has 0 radical (unpaired) electrons. The van der Waals surface area contributed by atoms with Gasteiger partial charge in [-0.15, -0.1) is 0 Å². The average molecular weight is 299 g/mol. The molecule has 102 valence electrons. The van der Waals surface area contributed by atoms with Crippen LogP contribution in [0.5, 0.6) is 0 Å². The SMILES string of the molecule is Cc1cnc(C(C)NC(C)c2cccc(Cl)c2Cl)o1. The summed E-state index contributed by atoms with van der Waals surface area (Å²) in [5.74, 6) is 1.47. The van der Waals surface area contributed by atoms with Gasteiger partial charge in [-0.25, -0.2) is 4.98 Å². The largest absolute Gasteiger partial charge is 0.444 e. The topological polar surface area (TPSA) is 38.1 Å². The van der Waals surface area contributed by atoms with E-state index in [9.17, 15) is 0 Å². The Labute approximate surface area is 122 Å². The van der Waals surface area contributed by atoms with Gasteiger partial charge in [0.25, 0.3) is 0 Å². The van der Waals surface area contributed by atoms with Crippen molar-refractivity contribution in [3.05, 3.63) is 51.7 Å². The first kappa shape index (κ1) is 14.4. The molecule has 19 heavy (non-hydrogen) atoms. The first-order chi connectivity index (χ1) is 8.99. The Kier molecular flexibility index (Phi) is 4.50. The molecule has 1 N–H and O–H groups in total. The molecule has 2 aromatic rings. The van der Waals surface area contributed by atoms with Crippen LogP contribution in [0.25, 0.3) is 0 Å². The molecule has 0 aliphatic heterocycles. The van der Waals surface area contributed by atoms with Gasteiger partial charge in [0.2, 0.25) is 5.89 Å². The van der Waals surface area contributed by atoms with Gasteiger partial charge >= 0.3 is 0 Å². The van der Waals surface area contributed by atoms with Crippen molar-refractivity contribution < 1.29 is 4.42 Å². The third-order valence-corrected chi connectivity index (χ3v) is 3.79. The lowest BCUT2D eigenvalue weighted by atomic mass is 10.1. The number of hydrogen-bond donors (Lipinski definition) is 1. The zero-order valence-corrected chi connectivity index (χ0v) is 12.6. The lowest BCUT2D eigenvalue weighted by Crippen LogP contribution is -2.23. The van der Waals surface area contributed by atoms with Gasteiger partial charge in [0, 0.05) is 6.04 Å². The Morgan fingerprint density at radius 1 is 1.21 bits per heavy atom. The van der Waals surface area contributed by atoms with Gasteiger partial charge in [-0.1, -0.05) is 35.3 Å². The van der Waals surface area contributed by atoms with Crippen molar-refractivity contribution in [1.29, 1.82) is 0 Å². The normalized spacial score (nSPS) is 14.4. The highest BCUT2D eigenvalue weighted by Crippen LogP contribution is 2.30. The van der Waals surface area contributed by atoms with Crippen molar-refractivity contribution in [1.82, 2.24) is 10.3 Å².